The summed E-state index contributed by atoms with van der Waals surface area (Å²) >= 11 is 0. The van der Waals surface area contributed by atoms with Crippen LogP contribution in [0.4, 0.5) is 0 Å². The van der Waals surface area contributed by atoms with Gasteiger partial charge in [-0.3, -0.25) is 4.99 Å². The van der Waals surface area contributed by atoms with Crippen LogP contribution in [0.25, 0.3) is 0 Å². The van der Waals surface area contributed by atoms with Crippen molar-refractivity contribution in [3.05, 3.63) is 0 Å². The van der Waals surface area contributed by atoms with Gasteiger partial charge in [0.25, 0.3) is 0 Å². The fraction of sp³-hybridized carbons (Fsp3) is 0.947. The van der Waals surface area contributed by atoms with Crippen molar-refractivity contribution in [2.24, 2.45) is 28.2 Å². The fourth-order valence-electron chi connectivity index (χ4n) is 5.03. The van der Waals surface area contributed by atoms with Crippen LogP contribution in [0.15, 0.2) is 4.99 Å². The van der Waals surface area contributed by atoms with Gasteiger partial charge in [-0.1, -0.05) is 27.7 Å². The number of likely N-dealkylation sites (tertiary alicyclic amines) is 1. The number of ether oxygens (including phenoxy) is 1. The van der Waals surface area contributed by atoms with Crippen LogP contribution in [0.3, 0.4) is 0 Å². The van der Waals surface area contributed by atoms with Crippen molar-refractivity contribution in [2.75, 3.05) is 26.2 Å². The van der Waals surface area contributed by atoms with E-state index in [1.165, 1.54) is 25.8 Å². The number of nitrogens with zero attached hydrogens (tertiary/aromatic N) is 2. The minimum atomic E-state index is 0. The lowest BCUT2D eigenvalue weighted by Gasteiger charge is -2.55. The van der Waals surface area contributed by atoms with E-state index < -0.39 is 0 Å². The molecule has 0 bridgehead atoms. The molecule has 0 aromatic carbocycles. The number of guanidine groups is 1. The Kier molecular flexibility index (Phi) is 6.85. The lowest BCUT2D eigenvalue weighted by Crippen LogP contribution is -2.68. The van der Waals surface area contributed by atoms with Gasteiger partial charge in [0.15, 0.2) is 5.96 Å². The molecule has 3 rings (SSSR count). The summed E-state index contributed by atoms with van der Waals surface area (Å²) < 4.78 is 5.93. The lowest BCUT2D eigenvalue weighted by atomic mass is 9.57. The second-order valence-corrected chi connectivity index (χ2v) is 8.72. The van der Waals surface area contributed by atoms with Crippen molar-refractivity contribution in [2.45, 2.75) is 66.0 Å². The van der Waals surface area contributed by atoms with Gasteiger partial charge in [0.2, 0.25) is 0 Å². The maximum Gasteiger partial charge on any atom is 0.194 e. The number of halogens is 1. The summed E-state index contributed by atoms with van der Waals surface area (Å²) in [5.41, 5.74) is 0.215. The van der Waals surface area contributed by atoms with Crippen LogP contribution in [0, 0.1) is 23.2 Å². The molecule has 3 fully saturated rings. The third kappa shape index (κ3) is 3.87. The molecular weight excluding hydrogens is 413 g/mol. The number of nitrogens with one attached hydrogen (secondary N) is 1. The smallest absolute Gasteiger partial charge is 0.194 e. The number of hydrogen-bond acceptors (Lipinski definition) is 2. The third-order valence-corrected chi connectivity index (χ3v) is 6.08. The summed E-state index contributed by atoms with van der Waals surface area (Å²) in [6.07, 6.45) is 4.28. The molecule has 1 N–H and O–H groups in total. The van der Waals surface area contributed by atoms with Crippen molar-refractivity contribution < 1.29 is 4.74 Å². The number of hydrogen-bond donors (Lipinski definition) is 1. The Hall–Kier alpha value is -0.0400. The van der Waals surface area contributed by atoms with E-state index in [0.717, 1.165) is 37.5 Å². The molecule has 4 atom stereocenters. The van der Waals surface area contributed by atoms with Crippen LogP contribution in [0.1, 0.15) is 53.9 Å². The van der Waals surface area contributed by atoms with Crippen molar-refractivity contribution >= 4 is 29.9 Å². The molecule has 2 aliphatic heterocycles. The van der Waals surface area contributed by atoms with Gasteiger partial charge < -0.3 is 15.0 Å². The van der Waals surface area contributed by atoms with Crippen LogP contribution in [0.5, 0.6) is 0 Å². The van der Waals surface area contributed by atoms with Crippen LogP contribution in [-0.2, 0) is 4.74 Å². The van der Waals surface area contributed by atoms with Gasteiger partial charge in [-0.15, -0.1) is 24.0 Å². The minimum Gasteiger partial charge on any atom is -0.377 e. The third-order valence-electron chi connectivity index (χ3n) is 6.08. The predicted molar refractivity (Wildman–Crippen MR) is 111 cm³/mol. The van der Waals surface area contributed by atoms with Gasteiger partial charge in [0, 0.05) is 43.6 Å². The zero-order valence-corrected chi connectivity index (χ0v) is 18.4. The van der Waals surface area contributed by atoms with Gasteiger partial charge >= 0.3 is 0 Å². The molecule has 24 heavy (non-hydrogen) atoms. The van der Waals surface area contributed by atoms with E-state index >= 15 is 0 Å². The van der Waals surface area contributed by atoms with Gasteiger partial charge in [0.05, 0.1) is 6.10 Å². The first-order valence-electron chi connectivity index (χ1n) is 9.61. The van der Waals surface area contributed by atoms with E-state index in [1.54, 1.807) is 0 Å². The molecule has 0 spiro atoms. The number of rotatable bonds is 4. The topological polar surface area (TPSA) is 36.9 Å². The molecule has 1 saturated carbocycles. The quantitative estimate of drug-likeness (QED) is 0.404. The molecule has 2 saturated heterocycles. The molecule has 1 aliphatic carbocycles. The molecule has 3 aliphatic rings. The Bertz CT molecular complexity index is 452. The maximum atomic E-state index is 5.93. The van der Waals surface area contributed by atoms with E-state index in [0.29, 0.717) is 18.1 Å². The highest BCUT2D eigenvalue weighted by Crippen LogP contribution is 2.52. The second kappa shape index (κ2) is 8.11. The molecule has 2 heterocycles. The Labute approximate surface area is 165 Å². The van der Waals surface area contributed by atoms with E-state index in [4.69, 9.17) is 9.73 Å². The first-order chi connectivity index (χ1) is 10.9. The highest BCUT2D eigenvalue weighted by molar-refractivity contribution is 14.0. The summed E-state index contributed by atoms with van der Waals surface area (Å²) in [7, 11) is 0. The van der Waals surface area contributed by atoms with Gasteiger partial charge in [-0.25, -0.2) is 0 Å². The van der Waals surface area contributed by atoms with Crippen LogP contribution in [-0.4, -0.2) is 49.2 Å². The molecule has 0 radical (unpaired) electrons. The molecule has 0 aromatic rings. The Morgan fingerprint density at radius 3 is 2.75 bits per heavy atom. The monoisotopic (exact) mass is 449 g/mol. The highest BCUT2D eigenvalue weighted by atomic mass is 127. The SMILES string of the molecule is CCN=C(NC1C2CCOC2C1(C)C)N1CCC(CC(C)C)C1.I. The van der Waals surface area contributed by atoms with E-state index in [-0.39, 0.29) is 29.4 Å². The normalized spacial score (nSPS) is 34.8. The van der Waals surface area contributed by atoms with E-state index in [1.807, 2.05) is 0 Å². The largest absolute Gasteiger partial charge is 0.377 e. The molecule has 0 aromatic heterocycles. The summed E-state index contributed by atoms with van der Waals surface area (Å²) in [4.78, 5) is 7.31. The zero-order valence-electron chi connectivity index (χ0n) is 16.0. The standard InChI is InChI=1S/C19H35N3O.HI/c1-6-20-18(22-9-7-14(12-22)11-13(2)3)21-16-15-8-10-23-17(15)19(16,4)5;/h13-17H,6-12H2,1-5H3,(H,20,21);1H. The Morgan fingerprint density at radius 2 is 2.08 bits per heavy atom. The molecule has 4 unspecified atom stereocenters. The molecule has 140 valence electrons. The Morgan fingerprint density at radius 1 is 1.33 bits per heavy atom. The molecule has 0 amide bonds. The van der Waals surface area contributed by atoms with Crippen LogP contribution < -0.4 is 5.32 Å². The minimum absolute atomic E-state index is 0. The summed E-state index contributed by atoms with van der Waals surface area (Å²) in [5, 5.41) is 3.83. The maximum absolute atomic E-state index is 5.93. The van der Waals surface area contributed by atoms with E-state index in [9.17, 15) is 0 Å². The van der Waals surface area contributed by atoms with Crippen LogP contribution >= 0.6 is 24.0 Å². The number of fused-ring (bicyclic) bond motifs is 1. The van der Waals surface area contributed by atoms with Gasteiger partial charge in [0.1, 0.15) is 0 Å². The predicted octanol–water partition coefficient (Wildman–Crippen LogP) is 3.75. The first-order valence-corrected chi connectivity index (χ1v) is 9.61. The van der Waals surface area contributed by atoms with Crippen molar-refractivity contribution in [1.82, 2.24) is 10.2 Å². The van der Waals surface area contributed by atoms with Gasteiger partial charge in [-0.2, -0.15) is 0 Å². The van der Waals surface area contributed by atoms with E-state index in [2.05, 4.69) is 44.8 Å². The Balaban J connectivity index is 0.00000208. The molecular formula is C19H36IN3O. The molecule has 5 heteroatoms. The fourth-order valence-corrected chi connectivity index (χ4v) is 5.03. The van der Waals surface area contributed by atoms with Crippen molar-refractivity contribution in [3.8, 4) is 0 Å². The second-order valence-electron chi connectivity index (χ2n) is 8.72. The molecule has 4 nitrogen and oxygen atoms in total. The lowest BCUT2D eigenvalue weighted by molar-refractivity contribution is -0.107. The average Bonchev–Trinajstić information content (AvgIpc) is 3.10. The summed E-state index contributed by atoms with van der Waals surface area (Å²) in [6.45, 7) is 15.6. The highest BCUT2D eigenvalue weighted by Gasteiger charge is 2.59. The van der Waals surface area contributed by atoms with Crippen molar-refractivity contribution in [3.63, 3.8) is 0 Å². The zero-order chi connectivity index (χ0) is 16.6. The number of aliphatic imine (C=N–C) groups is 1. The van der Waals surface area contributed by atoms with Gasteiger partial charge in [-0.05, 0) is 38.0 Å². The van der Waals surface area contributed by atoms with Crippen LogP contribution in [0.2, 0.25) is 0 Å². The first kappa shape index (κ1) is 20.3. The van der Waals surface area contributed by atoms with Crippen molar-refractivity contribution in [1.29, 1.82) is 0 Å². The summed E-state index contributed by atoms with van der Waals surface area (Å²) in [6, 6.07) is 0.504. The average molecular weight is 449 g/mol. The summed E-state index contributed by atoms with van der Waals surface area (Å²) in [5.74, 6) is 3.43.